The monoisotopic (exact) mass is 173 g/mol. The lowest BCUT2D eigenvalue weighted by atomic mass is 10.1. The molecule has 0 fully saturated rings. The molecule has 0 aliphatic carbocycles. The fraction of sp³-hybridized carbons (Fsp3) is 0.889. The van der Waals surface area contributed by atoms with E-state index in [1.165, 1.54) is 0 Å². The van der Waals surface area contributed by atoms with Crippen LogP contribution in [0, 0.1) is 0 Å². The first-order chi connectivity index (χ1) is 5.45. The van der Waals surface area contributed by atoms with Gasteiger partial charge in [0.15, 0.2) is 0 Å². The third kappa shape index (κ3) is 7.54. The van der Waals surface area contributed by atoms with E-state index in [0.717, 1.165) is 6.42 Å². The van der Waals surface area contributed by atoms with E-state index in [2.05, 4.69) is 5.32 Å². The second kappa shape index (κ2) is 5.14. The van der Waals surface area contributed by atoms with Gasteiger partial charge in [0, 0.05) is 25.7 Å². The summed E-state index contributed by atoms with van der Waals surface area (Å²) in [5.41, 5.74) is -0.121. The lowest BCUT2D eigenvalue weighted by Crippen LogP contribution is -2.40. The van der Waals surface area contributed by atoms with Gasteiger partial charge in [0.1, 0.15) is 0 Å². The van der Waals surface area contributed by atoms with Gasteiger partial charge in [-0.2, -0.15) is 0 Å². The van der Waals surface area contributed by atoms with E-state index in [4.69, 9.17) is 4.74 Å². The Balaban J connectivity index is 3.47. The Labute approximate surface area is 74.5 Å². The van der Waals surface area contributed by atoms with Crippen molar-refractivity contribution in [3.63, 3.8) is 0 Å². The summed E-state index contributed by atoms with van der Waals surface area (Å²) in [5.74, 6) is 0.0968. The van der Waals surface area contributed by atoms with Crippen LogP contribution in [0.15, 0.2) is 0 Å². The zero-order chi connectivity index (χ0) is 9.61. The Hall–Kier alpha value is -0.570. The zero-order valence-corrected chi connectivity index (χ0v) is 8.44. The number of nitrogens with one attached hydrogen (secondary N) is 1. The molecule has 72 valence electrons. The van der Waals surface area contributed by atoms with Crippen LogP contribution in [-0.2, 0) is 9.53 Å². The summed E-state index contributed by atoms with van der Waals surface area (Å²) in [6.45, 7) is 6.57. The maximum atomic E-state index is 11.2. The molecular weight excluding hydrogens is 154 g/mol. The van der Waals surface area contributed by atoms with Crippen molar-refractivity contribution >= 4 is 5.91 Å². The van der Waals surface area contributed by atoms with E-state index in [1.807, 2.05) is 20.8 Å². The lowest BCUT2D eigenvalue weighted by molar-refractivity contribution is -0.122. The maximum absolute atomic E-state index is 11.2. The molecule has 3 nitrogen and oxygen atoms in total. The minimum absolute atomic E-state index is 0.0968. The number of hydrogen-bond acceptors (Lipinski definition) is 2. The Morgan fingerprint density at radius 1 is 1.42 bits per heavy atom. The van der Waals surface area contributed by atoms with Gasteiger partial charge in [0.25, 0.3) is 0 Å². The number of methoxy groups -OCH3 is 1. The van der Waals surface area contributed by atoms with E-state index >= 15 is 0 Å². The molecule has 3 heteroatoms. The molecule has 0 saturated carbocycles. The number of rotatable bonds is 4. The van der Waals surface area contributed by atoms with Crippen molar-refractivity contribution in [1.82, 2.24) is 5.32 Å². The van der Waals surface area contributed by atoms with Crippen molar-refractivity contribution in [2.45, 2.75) is 39.2 Å². The van der Waals surface area contributed by atoms with Gasteiger partial charge in [-0.05, 0) is 27.2 Å². The second-order valence-electron chi connectivity index (χ2n) is 3.89. The van der Waals surface area contributed by atoms with Crippen LogP contribution in [0.5, 0.6) is 0 Å². The molecule has 0 aromatic heterocycles. The third-order valence-electron chi connectivity index (χ3n) is 1.27. The Morgan fingerprint density at radius 3 is 2.42 bits per heavy atom. The predicted octanol–water partition coefficient (Wildman–Crippen LogP) is 1.33. The highest BCUT2D eigenvalue weighted by Crippen LogP contribution is 2.00. The molecule has 0 aromatic carbocycles. The summed E-state index contributed by atoms with van der Waals surface area (Å²) in [4.78, 5) is 11.2. The van der Waals surface area contributed by atoms with Crippen LogP contribution in [0.1, 0.15) is 33.6 Å². The van der Waals surface area contributed by atoms with E-state index in [-0.39, 0.29) is 11.4 Å². The summed E-state index contributed by atoms with van der Waals surface area (Å²) in [6.07, 6.45) is 1.34. The van der Waals surface area contributed by atoms with Crippen LogP contribution in [0.25, 0.3) is 0 Å². The van der Waals surface area contributed by atoms with Gasteiger partial charge in [-0.1, -0.05) is 0 Å². The van der Waals surface area contributed by atoms with Crippen LogP contribution in [-0.4, -0.2) is 25.2 Å². The number of carbonyl (C=O) groups is 1. The Bertz CT molecular complexity index is 138. The quantitative estimate of drug-likeness (QED) is 0.651. The minimum Gasteiger partial charge on any atom is -0.385 e. The van der Waals surface area contributed by atoms with Crippen LogP contribution in [0.4, 0.5) is 0 Å². The first-order valence-corrected chi connectivity index (χ1v) is 4.25. The van der Waals surface area contributed by atoms with Crippen molar-refractivity contribution in [2.24, 2.45) is 0 Å². The van der Waals surface area contributed by atoms with Crippen molar-refractivity contribution in [3.05, 3.63) is 0 Å². The molecule has 0 aromatic rings. The summed E-state index contributed by atoms with van der Waals surface area (Å²) < 4.78 is 4.84. The smallest absolute Gasteiger partial charge is 0.220 e. The molecule has 0 aliphatic rings. The van der Waals surface area contributed by atoms with Crippen LogP contribution < -0.4 is 5.32 Å². The summed E-state index contributed by atoms with van der Waals surface area (Å²) in [7, 11) is 1.64. The topological polar surface area (TPSA) is 38.3 Å². The largest absolute Gasteiger partial charge is 0.385 e. The van der Waals surface area contributed by atoms with Crippen molar-refractivity contribution < 1.29 is 9.53 Å². The highest BCUT2D eigenvalue weighted by molar-refractivity contribution is 5.76. The third-order valence-corrected chi connectivity index (χ3v) is 1.27. The molecule has 0 spiro atoms. The van der Waals surface area contributed by atoms with Gasteiger partial charge in [-0.25, -0.2) is 0 Å². The SMILES string of the molecule is COCCCC(=O)NC(C)(C)C. The van der Waals surface area contributed by atoms with Crippen molar-refractivity contribution in [2.75, 3.05) is 13.7 Å². The molecule has 0 saturated heterocycles. The van der Waals surface area contributed by atoms with E-state index < -0.39 is 0 Å². The lowest BCUT2D eigenvalue weighted by Gasteiger charge is -2.20. The van der Waals surface area contributed by atoms with Gasteiger partial charge in [0.2, 0.25) is 5.91 Å². The van der Waals surface area contributed by atoms with Crippen LogP contribution >= 0.6 is 0 Å². The van der Waals surface area contributed by atoms with E-state index in [1.54, 1.807) is 7.11 Å². The highest BCUT2D eigenvalue weighted by atomic mass is 16.5. The maximum Gasteiger partial charge on any atom is 0.220 e. The summed E-state index contributed by atoms with van der Waals surface area (Å²) in [6, 6.07) is 0. The molecule has 0 bridgehead atoms. The molecule has 0 unspecified atom stereocenters. The molecule has 0 aliphatic heterocycles. The summed E-state index contributed by atoms with van der Waals surface area (Å²) in [5, 5.41) is 2.88. The first kappa shape index (κ1) is 11.4. The highest BCUT2D eigenvalue weighted by Gasteiger charge is 2.12. The molecular formula is C9H19NO2. The fourth-order valence-electron chi connectivity index (χ4n) is 0.858. The van der Waals surface area contributed by atoms with Gasteiger partial charge in [-0.3, -0.25) is 4.79 Å². The Morgan fingerprint density at radius 2 is 2.00 bits per heavy atom. The molecule has 0 rings (SSSR count). The molecule has 1 amide bonds. The zero-order valence-electron chi connectivity index (χ0n) is 8.44. The predicted molar refractivity (Wildman–Crippen MR) is 49.0 cm³/mol. The van der Waals surface area contributed by atoms with Crippen molar-refractivity contribution in [3.8, 4) is 0 Å². The number of amides is 1. The number of carbonyl (C=O) groups excluding carboxylic acids is 1. The average molecular weight is 173 g/mol. The van der Waals surface area contributed by atoms with Gasteiger partial charge in [0.05, 0.1) is 0 Å². The van der Waals surface area contributed by atoms with Crippen LogP contribution in [0.2, 0.25) is 0 Å². The molecule has 1 N–H and O–H groups in total. The van der Waals surface area contributed by atoms with Crippen molar-refractivity contribution in [1.29, 1.82) is 0 Å². The second-order valence-corrected chi connectivity index (χ2v) is 3.89. The van der Waals surface area contributed by atoms with Gasteiger partial charge < -0.3 is 10.1 Å². The number of ether oxygens (including phenoxy) is 1. The molecule has 0 atom stereocenters. The van der Waals surface area contributed by atoms with Gasteiger partial charge in [-0.15, -0.1) is 0 Å². The van der Waals surface area contributed by atoms with Gasteiger partial charge >= 0.3 is 0 Å². The normalized spacial score (nSPS) is 11.3. The average Bonchev–Trinajstić information content (AvgIpc) is 1.84. The Kier molecular flexibility index (Phi) is 4.90. The van der Waals surface area contributed by atoms with E-state index in [9.17, 15) is 4.79 Å². The fourth-order valence-corrected chi connectivity index (χ4v) is 0.858. The van der Waals surface area contributed by atoms with E-state index in [0.29, 0.717) is 13.0 Å². The standard InChI is InChI=1S/C9H19NO2/c1-9(2,3)10-8(11)6-5-7-12-4/h5-7H2,1-4H3,(H,10,11). The number of hydrogen-bond donors (Lipinski definition) is 1. The first-order valence-electron chi connectivity index (χ1n) is 4.25. The molecule has 0 radical (unpaired) electrons. The minimum atomic E-state index is -0.121. The van der Waals surface area contributed by atoms with Crippen LogP contribution in [0.3, 0.4) is 0 Å². The summed E-state index contributed by atoms with van der Waals surface area (Å²) >= 11 is 0. The molecule has 0 heterocycles. The molecule has 12 heavy (non-hydrogen) atoms.